The van der Waals surface area contributed by atoms with E-state index in [-0.39, 0.29) is 18.9 Å². The molecule has 0 spiro atoms. The van der Waals surface area contributed by atoms with E-state index in [1.165, 1.54) is 16.8 Å². The number of ether oxygens (including phenoxy) is 1. The summed E-state index contributed by atoms with van der Waals surface area (Å²) in [5.41, 5.74) is -0.894. The molecule has 4 rings (SSSR count). The van der Waals surface area contributed by atoms with Gasteiger partial charge in [0, 0.05) is 64.6 Å². The first kappa shape index (κ1) is 17.9. The molecule has 0 aromatic carbocycles. The third-order valence-electron chi connectivity index (χ3n) is 5.23. The normalized spacial score (nSPS) is 23.6. The Hall–Kier alpha value is -1.93. The minimum absolute atomic E-state index is 0.0728. The zero-order chi connectivity index (χ0) is 17.8. The molecule has 1 aromatic rings. The first-order valence-electron chi connectivity index (χ1n) is 8.87. The summed E-state index contributed by atoms with van der Waals surface area (Å²) in [5, 5.41) is 0. The smallest absolute Gasteiger partial charge is 0.328 e. The maximum absolute atomic E-state index is 12.6. The van der Waals surface area contributed by atoms with Crippen LogP contribution in [-0.2, 0) is 16.1 Å². The summed E-state index contributed by atoms with van der Waals surface area (Å²) in [6, 6.07) is 1.69. The molecule has 0 aliphatic carbocycles. The Kier molecular flexibility index (Phi) is 5.70. The predicted octanol–water partition coefficient (Wildman–Crippen LogP) is -0.504. The summed E-state index contributed by atoms with van der Waals surface area (Å²) in [6.07, 6.45) is 3.99. The number of hydrogen-bond acceptors (Lipinski definition) is 5. The van der Waals surface area contributed by atoms with E-state index >= 15 is 0 Å². The van der Waals surface area contributed by atoms with Gasteiger partial charge in [-0.15, -0.1) is 0 Å². The highest BCUT2D eigenvalue weighted by Gasteiger charge is 2.35. The molecule has 3 fully saturated rings. The molecule has 3 aliphatic rings. The third kappa shape index (κ3) is 4.38. The molecule has 1 amide bonds. The molecule has 25 heavy (non-hydrogen) atoms. The van der Waals surface area contributed by atoms with Crippen molar-refractivity contribution in [2.45, 2.75) is 31.8 Å². The predicted molar refractivity (Wildman–Crippen MR) is 92.5 cm³/mol. The lowest BCUT2D eigenvalue weighted by Crippen LogP contribution is -2.45. The number of aromatic amines is 1. The van der Waals surface area contributed by atoms with E-state index in [0.29, 0.717) is 18.6 Å². The Labute approximate surface area is 146 Å². The van der Waals surface area contributed by atoms with E-state index in [1.807, 2.05) is 4.90 Å². The molecule has 3 aliphatic heterocycles. The molecule has 8 heteroatoms. The second-order valence-electron chi connectivity index (χ2n) is 6.94. The van der Waals surface area contributed by atoms with Crippen LogP contribution in [0.3, 0.4) is 0 Å². The van der Waals surface area contributed by atoms with Crippen LogP contribution in [0.5, 0.6) is 0 Å². The Bertz CT molecular complexity index is 713. The van der Waals surface area contributed by atoms with Crippen LogP contribution >= 0.6 is 0 Å². The number of fused-ring (bicyclic) bond motifs is 4. The van der Waals surface area contributed by atoms with Gasteiger partial charge in [-0.2, -0.15) is 0 Å². The molecule has 2 atom stereocenters. The standard InChI is InChI=1S/C17H26N4O4/c1-25-9-8-20-10-13-2-3-14(20)12-21(11-13)16(23)5-7-19-6-4-15(22)18-17(19)24/h4,6,13-14H,2-3,5,7-12H2,1H3,(H,18,22,24)/t13-,14-/m1/s1. The maximum atomic E-state index is 12.6. The molecule has 3 saturated heterocycles. The lowest BCUT2D eigenvalue weighted by atomic mass is 9.95. The van der Waals surface area contributed by atoms with Crippen LogP contribution in [-0.4, -0.2) is 71.2 Å². The van der Waals surface area contributed by atoms with Gasteiger partial charge in [-0.3, -0.25) is 19.5 Å². The average Bonchev–Trinajstić information content (AvgIpc) is 2.91. The number of methoxy groups -OCH3 is 1. The van der Waals surface area contributed by atoms with Crippen LogP contribution in [0.4, 0.5) is 0 Å². The SMILES string of the molecule is COCCN1C[C@H]2CC[C@@H]1CN(C(=O)CCn1ccc(=O)[nH]c1=O)C2. The van der Waals surface area contributed by atoms with Crippen molar-refractivity contribution in [2.24, 2.45) is 5.92 Å². The summed E-state index contributed by atoms with van der Waals surface area (Å²) in [6.45, 7) is 4.47. The second kappa shape index (κ2) is 7.97. The molecular weight excluding hydrogens is 324 g/mol. The van der Waals surface area contributed by atoms with Gasteiger partial charge in [-0.05, 0) is 18.8 Å². The van der Waals surface area contributed by atoms with Crippen molar-refractivity contribution in [1.82, 2.24) is 19.4 Å². The van der Waals surface area contributed by atoms with E-state index in [2.05, 4.69) is 9.88 Å². The number of aryl methyl sites for hydroxylation is 1. The third-order valence-corrected chi connectivity index (χ3v) is 5.23. The molecule has 0 saturated carbocycles. The van der Waals surface area contributed by atoms with Gasteiger partial charge in [0.05, 0.1) is 6.61 Å². The van der Waals surface area contributed by atoms with E-state index < -0.39 is 11.2 Å². The molecule has 4 heterocycles. The highest BCUT2D eigenvalue weighted by molar-refractivity contribution is 5.76. The number of nitrogens with one attached hydrogen (secondary N) is 1. The highest BCUT2D eigenvalue weighted by atomic mass is 16.5. The van der Waals surface area contributed by atoms with E-state index in [1.54, 1.807) is 7.11 Å². The Morgan fingerprint density at radius 3 is 2.84 bits per heavy atom. The van der Waals surface area contributed by atoms with Crippen LogP contribution < -0.4 is 11.2 Å². The quantitative estimate of drug-likeness (QED) is 0.747. The summed E-state index contributed by atoms with van der Waals surface area (Å²) in [5.74, 6) is 0.582. The van der Waals surface area contributed by atoms with Crippen LogP contribution in [0.1, 0.15) is 19.3 Å². The van der Waals surface area contributed by atoms with Gasteiger partial charge in [-0.25, -0.2) is 4.79 Å². The van der Waals surface area contributed by atoms with Gasteiger partial charge >= 0.3 is 5.69 Å². The molecule has 0 radical (unpaired) electrons. The number of rotatable bonds is 6. The molecule has 2 bridgehead atoms. The molecule has 138 valence electrons. The summed E-state index contributed by atoms with van der Waals surface area (Å²) in [7, 11) is 1.71. The van der Waals surface area contributed by atoms with Crippen molar-refractivity contribution in [3.05, 3.63) is 33.1 Å². The van der Waals surface area contributed by atoms with Crippen LogP contribution in [0, 0.1) is 5.92 Å². The van der Waals surface area contributed by atoms with Crippen molar-refractivity contribution >= 4 is 5.91 Å². The molecule has 0 unspecified atom stereocenters. The first-order chi connectivity index (χ1) is 12.1. The first-order valence-corrected chi connectivity index (χ1v) is 8.87. The van der Waals surface area contributed by atoms with Crippen molar-refractivity contribution in [1.29, 1.82) is 0 Å². The maximum Gasteiger partial charge on any atom is 0.328 e. The number of piperidine rings is 1. The lowest BCUT2D eigenvalue weighted by Gasteiger charge is -2.35. The van der Waals surface area contributed by atoms with Crippen LogP contribution in [0.25, 0.3) is 0 Å². The fraction of sp³-hybridized carbons (Fsp3) is 0.706. The molecule has 8 nitrogen and oxygen atoms in total. The molecule has 1 aromatic heterocycles. The fourth-order valence-electron chi connectivity index (χ4n) is 3.86. The largest absolute Gasteiger partial charge is 0.383 e. The zero-order valence-corrected chi connectivity index (χ0v) is 14.6. The average molecular weight is 350 g/mol. The van der Waals surface area contributed by atoms with Crippen LogP contribution in [0.15, 0.2) is 21.9 Å². The van der Waals surface area contributed by atoms with Gasteiger partial charge in [0.2, 0.25) is 5.91 Å². The molecular formula is C17H26N4O4. The summed E-state index contributed by atoms with van der Waals surface area (Å²) < 4.78 is 6.57. The Morgan fingerprint density at radius 1 is 1.24 bits per heavy atom. The van der Waals surface area contributed by atoms with E-state index in [4.69, 9.17) is 4.74 Å². The molecule has 1 N–H and O–H groups in total. The Morgan fingerprint density at radius 2 is 2.08 bits per heavy atom. The monoisotopic (exact) mass is 350 g/mol. The topological polar surface area (TPSA) is 87.6 Å². The second-order valence-corrected chi connectivity index (χ2v) is 6.94. The summed E-state index contributed by atoms with van der Waals surface area (Å²) >= 11 is 0. The van der Waals surface area contributed by atoms with Gasteiger partial charge in [-0.1, -0.05) is 0 Å². The van der Waals surface area contributed by atoms with Crippen molar-refractivity contribution in [2.75, 3.05) is 39.9 Å². The van der Waals surface area contributed by atoms with E-state index in [9.17, 15) is 14.4 Å². The Balaban J connectivity index is 1.59. The van der Waals surface area contributed by atoms with Crippen LogP contribution in [0.2, 0.25) is 0 Å². The number of hydrogen-bond donors (Lipinski definition) is 1. The number of carbonyl (C=O) groups excluding carboxylic acids is 1. The van der Waals surface area contributed by atoms with Gasteiger partial charge < -0.3 is 14.2 Å². The van der Waals surface area contributed by atoms with Gasteiger partial charge in [0.15, 0.2) is 0 Å². The minimum Gasteiger partial charge on any atom is -0.383 e. The number of aromatic nitrogens is 2. The van der Waals surface area contributed by atoms with Gasteiger partial charge in [0.1, 0.15) is 0 Å². The van der Waals surface area contributed by atoms with Gasteiger partial charge in [0.25, 0.3) is 5.56 Å². The number of carbonyl (C=O) groups is 1. The minimum atomic E-state index is -0.470. The highest BCUT2D eigenvalue weighted by Crippen LogP contribution is 2.28. The van der Waals surface area contributed by atoms with E-state index in [0.717, 1.165) is 39.0 Å². The zero-order valence-electron chi connectivity index (χ0n) is 14.6. The van der Waals surface area contributed by atoms with Crippen molar-refractivity contribution < 1.29 is 9.53 Å². The van der Waals surface area contributed by atoms with Crippen molar-refractivity contribution in [3.8, 4) is 0 Å². The fourth-order valence-corrected chi connectivity index (χ4v) is 3.86. The summed E-state index contributed by atoms with van der Waals surface area (Å²) in [4.78, 5) is 42.0. The number of amides is 1. The number of H-pyrrole nitrogens is 1. The number of nitrogens with zero attached hydrogens (tertiary/aromatic N) is 3. The van der Waals surface area contributed by atoms with Crippen molar-refractivity contribution in [3.63, 3.8) is 0 Å². The lowest BCUT2D eigenvalue weighted by molar-refractivity contribution is -0.131.